The Kier molecular flexibility index (Phi) is 20.1. The van der Waals surface area contributed by atoms with E-state index in [1.165, 1.54) is 12.8 Å². The molecule has 0 aliphatic carbocycles. The van der Waals surface area contributed by atoms with Crippen molar-refractivity contribution in [1.82, 2.24) is 9.62 Å². The predicted molar refractivity (Wildman–Crippen MR) is 202 cm³/mol. The zero-order valence-corrected chi connectivity index (χ0v) is 33.6. The van der Waals surface area contributed by atoms with Gasteiger partial charge in [-0.15, -0.1) is 0 Å². The molecule has 0 aromatic heterocycles. The smallest absolute Gasteiger partial charge is 0.376 e. The van der Waals surface area contributed by atoms with Crippen LogP contribution >= 0.6 is 10.7 Å². The van der Waals surface area contributed by atoms with Crippen molar-refractivity contribution in [2.75, 3.05) is 52.6 Å². The Morgan fingerprint density at radius 1 is 0.796 bits per heavy atom. The summed E-state index contributed by atoms with van der Waals surface area (Å²) < 4.78 is 86.0. The van der Waals surface area contributed by atoms with E-state index in [1.54, 1.807) is 25.4 Å². The van der Waals surface area contributed by atoms with Crippen LogP contribution in [0.3, 0.4) is 0 Å². The molecule has 3 aliphatic heterocycles. The van der Waals surface area contributed by atoms with Gasteiger partial charge in [-0.3, -0.25) is 9.59 Å². The van der Waals surface area contributed by atoms with Gasteiger partial charge in [-0.1, -0.05) is 0 Å². The second kappa shape index (κ2) is 22.8. The van der Waals surface area contributed by atoms with Crippen LogP contribution in [0.2, 0.25) is 13.6 Å². The van der Waals surface area contributed by atoms with Crippen LogP contribution < -0.4 is 0 Å². The molecule has 20 heteroatoms. The molecule has 302 valence electrons. The molecule has 0 unspecified atom stereocenters. The average Bonchev–Trinajstić information content (AvgIpc) is 3.73. The van der Waals surface area contributed by atoms with Gasteiger partial charge in [0, 0.05) is 23.9 Å². The van der Waals surface area contributed by atoms with Gasteiger partial charge in [0.2, 0.25) is 0 Å². The first kappa shape index (κ1) is 47.5. The quantitative estimate of drug-likeness (QED) is 0.161. The number of hydrogen-bond acceptors (Lipinski definition) is 13. The number of benzene rings is 2. The minimum atomic E-state index is -4.06. The molecule has 2 aromatic carbocycles. The first-order chi connectivity index (χ1) is 25.4. The van der Waals surface area contributed by atoms with Crippen LogP contribution in [0.1, 0.15) is 52.4 Å². The van der Waals surface area contributed by atoms with Gasteiger partial charge in [-0.05, 0) is 141 Å². The standard InChI is InChI=1S/C15H21BFNO5S.C9H18BNO3.C6H4ClFO2S.C4H8O/c1-3-23-14(19)15(8-10-18(11-9-15)16(2)20)24(21,22)13-6-4-12(17)5-7-13;1-3-14-9(12)8-4-6-11(7-5-8)10(2)13;7-11(9,10)6-3-1-5(8)2-4-6;1-2-4-5-3-1/h4-7,20H,3,8-11H2,1-2H3;8,13H,3-7H2,1-2H3;1-4H;1-4H2. The van der Waals surface area contributed by atoms with E-state index in [9.17, 15) is 45.3 Å². The Bertz CT molecular complexity index is 1650. The van der Waals surface area contributed by atoms with Crippen molar-refractivity contribution >= 4 is 55.6 Å². The Balaban J connectivity index is 0.000000283. The van der Waals surface area contributed by atoms with E-state index in [0.29, 0.717) is 6.61 Å². The van der Waals surface area contributed by atoms with Crippen LogP contribution in [0.4, 0.5) is 8.78 Å². The monoisotopic (exact) mass is 822 g/mol. The van der Waals surface area contributed by atoms with E-state index in [0.717, 1.165) is 87.7 Å². The second-order valence-electron chi connectivity index (χ2n) is 12.7. The fourth-order valence-electron chi connectivity index (χ4n) is 5.82. The summed E-state index contributed by atoms with van der Waals surface area (Å²) in [6.45, 7) is 11.4. The third kappa shape index (κ3) is 14.5. The van der Waals surface area contributed by atoms with Gasteiger partial charge >= 0.3 is 26.0 Å². The number of nitrogens with zero attached hydrogens (tertiary/aromatic N) is 2. The number of esters is 2. The highest BCUT2D eigenvalue weighted by Crippen LogP contribution is 2.37. The molecule has 13 nitrogen and oxygen atoms in total. The third-order valence-corrected chi connectivity index (χ3v) is 12.9. The van der Waals surface area contributed by atoms with E-state index in [2.05, 4.69) is 0 Å². The zero-order valence-electron chi connectivity index (χ0n) is 31.2. The van der Waals surface area contributed by atoms with Crippen LogP contribution in [0.25, 0.3) is 0 Å². The van der Waals surface area contributed by atoms with Gasteiger partial charge in [0.1, 0.15) is 11.6 Å². The first-order valence-corrected chi connectivity index (χ1v) is 21.6. The van der Waals surface area contributed by atoms with Crippen molar-refractivity contribution < 1.29 is 59.5 Å². The number of hydrogen-bond donors (Lipinski definition) is 2. The molecule has 2 aromatic rings. The van der Waals surface area contributed by atoms with E-state index in [-0.39, 0.29) is 54.2 Å². The lowest BCUT2D eigenvalue weighted by molar-refractivity contribution is -0.149. The average molecular weight is 823 g/mol. The maximum atomic E-state index is 13.1. The van der Waals surface area contributed by atoms with Gasteiger partial charge in [0.15, 0.2) is 14.6 Å². The Morgan fingerprint density at radius 3 is 1.59 bits per heavy atom. The van der Waals surface area contributed by atoms with E-state index in [4.69, 9.17) is 24.9 Å². The number of halogens is 3. The third-order valence-electron chi connectivity index (χ3n) is 9.02. The number of piperidine rings is 2. The van der Waals surface area contributed by atoms with Crippen molar-refractivity contribution in [2.45, 2.75) is 80.6 Å². The molecule has 3 fully saturated rings. The molecule has 3 aliphatic rings. The molecule has 0 bridgehead atoms. The van der Waals surface area contributed by atoms with E-state index in [1.807, 2.05) is 11.7 Å². The summed E-state index contributed by atoms with van der Waals surface area (Å²) in [4.78, 5) is 27.4. The first-order valence-electron chi connectivity index (χ1n) is 17.9. The van der Waals surface area contributed by atoms with Gasteiger partial charge < -0.3 is 33.9 Å². The molecule has 0 radical (unpaired) electrons. The lowest BCUT2D eigenvalue weighted by Gasteiger charge is -2.39. The van der Waals surface area contributed by atoms with Crippen molar-refractivity contribution in [3.05, 3.63) is 60.2 Å². The van der Waals surface area contributed by atoms with Crippen LogP contribution in [-0.2, 0) is 42.7 Å². The van der Waals surface area contributed by atoms with Gasteiger partial charge in [0.25, 0.3) is 9.05 Å². The molecule has 5 rings (SSSR count). The topological polar surface area (TPSA) is 177 Å². The number of carbonyl (C=O) groups excluding carboxylic acids is 2. The number of sulfone groups is 1. The van der Waals surface area contributed by atoms with Gasteiger partial charge in [-0.2, -0.15) is 0 Å². The van der Waals surface area contributed by atoms with Crippen LogP contribution in [0.5, 0.6) is 0 Å². The molecule has 3 saturated heterocycles. The lowest BCUT2D eigenvalue weighted by atomic mass is 9.80. The van der Waals surface area contributed by atoms with Crippen molar-refractivity contribution in [2.24, 2.45) is 5.92 Å². The number of rotatable bonds is 9. The molecule has 0 saturated carbocycles. The molecular weight excluding hydrogens is 772 g/mol. The normalized spacial score (nSPS) is 17.6. The molecule has 54 heavy (non-hydrogen) atoms. The molecule has 0 atom stereocenters. The number of ether oxygens (including phenoxy) is 3. The summed E-state index contributed by atoms with van der Waals surface area (Å²) in [6.07, 6.45) is 4.17. The Hall–Kier alpha value is -2.64. The molecular formula is C34H51B2ClF2N2O11S2. The Morgan fingerprint density at radius 2 is 1.22 bits per heavy atom. The largest absolute Gasteiger partial charge is 0.466 e. The highest BCUT2D eigenvalue weighted by atomic mass is 35.7. The summed E-state index contributed by atoms with van der Waals surface area (Å²) in [5.41, 5.74) is 0. The lowest BCUT2D eigenvalue weighted by Crippen LogP contribution is -2.57. The summed E-state index contributed by atoms with van der Waals surface area (Å²) >= 11 is 0. The minimum Gasteiger partial charge on any atom is -0.466 e. The highest BCUT2D eigenvalue weighted by molar-refractivity contribution is 8.13. The second-order valence-corrected chi connectivity index (χ2v) is 17.6. The fourth-order valence-corrected chi connectivity index (χ4v) is 8.53. The maximum absolute atomic E-state index is 13.1. The van der Waals surface area contributed by atoms with E-state index < -0.39 is 55.3 Å². The Labute approximate surface area is 322 Å². The van der Waals surface area contributed by atoms with Gasteiger partial charge in [-0.25, -0.2) is 25.6 Å². The summed E-state index contributed by atoms with van der Waals surface area (Å²) in [5, 5.41) is 19.0. The minimum absolute atomic E-state index is 0.0104. The van der Waals surface area contributed by atoms with Crippen molar-refractivity contribution in [3.63, 3.8) is 0 Å². The SMILES string of the molecule is C1CCOC1.CCOC(=O)C1(S(=O)(=O)c2ccc(F)cc2)CCN(B(C)O)CC1.CCOC(=O)C1CCN(B(C)O)CC1.O=S(=O)(Cl)c1ccc(F)cc1. The van der Waals surface area contributed by atoms with Crippen LogP contribution in [0, 0.1) is 17.6 Å². The van der Waals surface area contributed by atoms with Crippen LogP contribution in [-0.4, -0.2) is 120 Å². The molecule has 3 heterocycles. The van der Waals surface area contributed by atoms with Crippen molar-refractivity contribution in [3.8, 4) is 0 Å². The highest BCUT2D eigenvalue weighted by Gasteiger charge is 2.54. The zero-order chi connectivity index (χ0) is 40.5. The summed E-state index contributed by atoms with van der Waals surface area (Å²) in [6, 6.07) is 8.71. The van der Waals surface area contributed by atoms with E-state index >= 15 is 0 Å². The molecule has 0 spiro atoms. The van der Waals surface area contributed by atoms with Gasteiger partial charge in [0.05, 0.1) is 28.9 Å². The number of carbonyl (C=O) groups is 2. The predicted octanol–water partition coefficient (Wildman–Crippen LogP) is 4.03. The molecule has 2 N–H and O–H groups in total. The molecule has 0 amide bonds. The summed E-state index contributed by atoms with van der Waals surface area (Å²) in [5.74, 6) is -1.89. The van der Waals surface area contributed by atoms with Crippen molar-refractivity contribution in [1.29, 1.82) is 0 Å². The van der Waals surface area contributed by atoms with Crippen LogP contribution in [0.15, 0.2) is 58.3 Å². The maximum Gasteiger partial charge on any atom is 0.376 e. The summed E-state index contributed by atoms with van der Waals surface area (Å²) in [7, 11) is -3.94. The fraction of sp³-hybridized carbons (Fsp3) is 0.588.